The second kappa shape index (κ2) is 5.05. The van der Waals surface area contributed by atoms with Gasteiger partial charge in [-0.2, -0.15) is 0 Å². The van der Waals surface area contributed by atoms with Crippen molar-refractivity contribution in [3.05, 3.63) is 66.2 Å². The lowest BCUT2D eigenvalue weighted by molar-refractivity contribution is 0.475. The summed E-state index contributed by atoms with van der Waals surface area (Å²) in [5.74, 6) is 0.487. The molecule has 20 heavy (non-hydrogen) atoms. The van der Waals surface area contributed by atoms with Crippen molar-refractivity contribution in [1.29, 1.82) is 0 Å². The maximum absolute atomic E-state index is 9.83. The lowest BCUT2D eigenvalue weighted by atomic mass is 10.1. The molecule has 0 fully saturated rings. The summed E-state index contributed by atoms with van der Waals surface area (Å²) in [4.78, 5) is 4.46. The summed E-state index contributed by atoms with van der Waals surface area (Å²) in [6, 6.07) is 17.9. The van der Waals surface area contributed by atoms with Crippen LogP contribution in [0.25, 0.3) is 10.8 Å². The Balaban J connectivity index is 2.03. The topological polar surface area (TPSA) is 52.8 Å². The van der Waals surface area contributed by atoms with Gasteiger partial charge in [-0.3, -0.25) is 4.99 Å². The predicted molar refractivity (Wildman–Crippen MR) is 81.0 cm³/mol. The van der Waals surface area contributed by atoms with E-state index in [9.17, 15) is 10.2 Å². The number of hydrogen-bond acceptors (Lipinski definition) is 3. The minimum Gasteiger partial charge on any atom is -0.508 e. The summed E-state index contributed by atoms with van der Waals surface area (Å²) in [5, 5.41) is 20.8. The maximum Gasteiger partial charge on any atom is 0.123 e. The first-order chi connectivity index (χ1) is 9.74. The number of rotatable bonds is 2. The summed E-state index contributed by atoms with van der Waals surface area (Å²) >= 11 is 0. The van der Waals surface area contributed by atoms with E-state index < -0.39 is 0 Å². The third-order valence-corrected chi connectivity index (χ3v) is 3.12. The molecule has 0 radical (unpaired) electrons. The molecule has 98 valence electrons. The quantitative estimate of drug-likeness (QED) is 0.686. The molecule has 3 aromatic carbocycles. The van der Waals surface area contributed by atoms with Gasteiger partial charge in [-0.15, -0.1) is 0 Å². The van der Waals surface area contributed by atoms with E-state index in [2.05, 4.69) is 4.99 Å². The van der Waals surface area contributed by atoms with E-state index in [1.54, 1.807) is 42.6 Å². The summed E-state index contributed by atoms with van der Waals surface area (Å²) in [7, 11) is 0. The fraction of sp³-hybridized carbons (Fsp3) is 0. The Morgan fingerprint density at radius 1 is 0.750 bits per heavy atom. The minimum atomic E-state index is 0.234. The molecular formula is C17H13NO2. The Morgan fingerprint density at radius 2 is 1.45 bits per heavy atom. The van der Waals surface area contributed by atoms with Crippen molar-refractivity contribution in [2.45, 2.75) is 0 Å². The van der Waals surface area contributed by atoms with Gasteiger partial charge in [-0.1, -0.05) is 24.3 Å². The van der Waals surface area contributed by atoms with Crippen molar-refractivity contribution in [1.82, 2.24) is 0 Å². The van der Waals surface area contributed by atoms with Crippen molar-refractivity contribution < 1.29 is 10.2 Å². The van der Waals surface area contributed by atoms with Crippen LogP contribution in [0.2, 0.25) is 0 Å². The fourth-order valence-corrected chi connectivity index (χ4v) is 2.08. The Morgan fingerprint density at radius 3 is 2.20 bits per heavy atom. The second-order valence-electron chi connectivity index (χ2n) is 4.50. The monoisotopic (exact) mass is 263 g/mol. The molecule has 0 unspecified atom stereocenters. The summed E-state index contributed by atoms with van der Waals surface area (Å²) in [5.41, 5.74) is 1.70. The van der Waals surface area contributed by atoms with Crippen molar-refractivity contribution >= 4 is 22.7 Å². The molecular weight excluding hydrogens is 250 g/mol. The molecule has 0 atom stereocenters. The zero-order chi connectivity index (χ0) is 13.9. The minimum absolute atomic E-state index is 0.234. The number of hydrogen-bond donors (Lipinski definition) is 2. The first kappa shape index (κ1) is 12.2. The lowest BCUT2D eigenvalue weighted by Gasteiger charge is -2.04. The van der Waals surface area contributed by atoms with Crippen molar-refractivity contribution in [3.8, 4) is 11.5 Å². The van der Waals surface area contributed by atoms with Crippen LogP contribution >= 0.6 is 0 Å². The van der Waals surface area contributed by atoms with Gasteiger partial charge >= 0.3 is 0 Å². The van der Waals surface area contributed by atoms with Crippen LogP contribution in [0.5, 0.6) is 11.5 Å². The number of phenols is 2. The third kappa shape index (κ3) is 2.34. The third-order valence-electron chi connectivity index (χ3n) is 3.12. The number of phenolic OH excluding ortho intramolecular Hbond substituents is 2. The SMILES string of the molecule is Oc1ccc(C=Nc2ccc(O)c3ccccc23)cc1. The van der Waals surface area contributed by atoms with E-state index in [0.717, 1.165) is 22.0 Å². The molecule has 0 saturated heterocycles. The number of aliphatic imine (C=N–C) groups is 1. The van der Waals surface area contributed by atoms with E-state index in [1.165, 1.54) is 0 Å². The standard InChI is InChI=1S/C17H13NO2/c19-13-7-5-12(6-8-13)11-18-16-9-10-17(20)15-4-2-1-3-14(15)16/h1-11,19-20H. The average Bonchev–Trinajstić information content (AvgIpc) is 2.49. The highest BCUT2D eigenvalue weighted by Gasteiger charge is 2.02. The summed E-state index contributed by atoms with van der Waals surface area (Å²) < 4.78 is 0. The number of fused-ring (bicyclic) bond motifs is 1. The summed E-state index contributed by atoms with van der Waals surface area (Å²) in [6.45, 7) is 0. The number of aromatic hydroxyl groups is 2. The van der Waals surface area contributed by atoms with Gasteiger partial charge in [0.1, 0.15) is 11.5 Å². The lowest BCUT2D eigenvalue weighted by Crippen LogP contribution is -1.80. The average molecular weight is 263 g/mol. The van der Waals surface area contributed by atoms with Gasteiger partial charge in [0.25, 0.3) is 0 Å². The van der Waals surface area contributed by atoms with E-state index >= 15 is 0 Å². The highest BCUT2D eigenvalue weighted by molar-refractivity contribution is 5.98. The predicted octanol–water partition coefficient (Wildman–Crippen LogP) is 4.00. The number of nitrogens with zero attached hydrogens (tertiary/aromatic N) is 1. The van der Waals surface area contributed by atoms with Crippen molar-refractivity contribution in [3.63, 3.8) is 0 Å². The first-order valence-electron chi connectivity index (χ1n) is 6.28. The zero-order valence-corrected chi connectivity index (χ0v) is 10.7. The normalized spacial score (nSPS) is 11.2. The van der Waals surface area contributed by atoms with Gasteiger partial charge in [0.2, 0.25) is 0 Å². The smallest absolute Gasteiger partial charge is 0.123 e. The van der Waals surface area contributed by atoms with Crippen LogP contribution in [0, 0.1) is 0 Å². The molecule has 3 nitrogen and oxygen atoms in total. The van der Waals surface area contributed by atoms with Gasteiger partial charge in [-0.05, 0) is 42.0 Å². The second-order valence-corrected chi connectivity index (χ2v) is 4.50. The molecule has 0 heterocycles. The van der Waals surface area contributed by atoms with Crippen LogP contribution in [-0.2, 0) is 0 Å². The molecule has 0 bridgehead atoms. The van der Waals surface area contributed by atoms with E-state index in [4.69, 9.17) is 0 Å². The number of benzene rings is 3. The Hall–Kier alpha value is -2.81. The molecule has 0 aliphatic rings. The molecule has 3 rings (SSSR count). The van der Waals surface area contributed by atoms with Crippen LogP contribution in [0.3, 0.4) is 0 Å². The molecule has 0 aliphatic carbocycles. The van der Waals surface area contributed by atoms with Crippen molar-refractivity contribution in [2.24, 2.45) is 4.99 Å². The molecule has 0 amide bonds. The van der Waals surface area contributed by atoms with E-state index in [1.807, 2.05) is 24.3 Å². The van der Waals surface area contributed by atoms with Gasteiger partial charge in [0, 0.05) is 17.0 Å². The van der Waals surface area contributed by atoms with Crippen molar-refractivity contribution in [2.75, 3.05) is 0 Å². The molecule has 0 aromatic heterocycles. The van der Waals surface area contributed by atoms with Crippen LogP contribution in [0.15, 0.2) is 65.7 Å². The largest absolute Gasteiger partial charge is 0.508 e. The Bertz CT molecular complexity index is 777. The molecule has 3 heteroatoms. The van der Waals surface area contributed by atoms with E-state index in [-0.39, 0.29) is 11.5 Å². The van der Waals surface area contributed by atoms with Crippen LogP contribution in [0.1, 0.15) is 5.56 Å². The summed E-state index contributed by atoms with van der Waals surface area (Å²) in [6.07, 6.45) is 1.73. The van der Waals surface area contributed by atoms with E-state index in [0.29, 0.717) is 0 Å². The van der Waals surface area contributed by atoms with Gasteiger partial charge < -0.3 is 10.2 Å². The molecule has 0 spiro atoms. The van der Waals surface area contributed by atoms with Crippen LogP contribution in [-0.4, -0.2) is 16.4 Å². The first-order valence-corrected chi connectivity index (χ1v) is 6.28. The van der Waals surface area contributed by atoms with Gasteiger partial charge in [0.15, 0.2) is 0 Å². The molecule has 3 aromatic rings. The Labute approximate surface area is 116 Å². The fourth-order valence-electron chi connectivity index (χ4n) is 2.08. The van der Waals surface area contributed by atoms with Crippen LogP contribution < -0.4 is 0 Å². The molecule has 0 saturated carbocycles. The molecule has 2 N–H and O–H groups in total. The highest BCUT2D eigenvalue weighted by atomic mass is 16.3. The Kier molecular flexibility index (Phi) is 3.09. The zero-order valence-electron chi connectivity index (χ0n) is 10.7. The van der Waals surface area contributed by atoms with Gasteiger partial charge in [-0.25, -0.2) is 0 Å². The van der Waals surface area contributed by atoms with Gasteiger partial charge in [0.05, 0.1) is 5.69 Å². The molecule has 0 aliphatic heterocycles. The van der Waals surface area contributed by atoms with Crippen LogP contribution in [0.4, 0.5) is 5.69 Å². The maximum atomic E-state index is 9.83. The highest BCUT2D eigenvalue weighted by Crippen LogP contribution is 2.32.